The second-order valence-corrected chi connectivity index (χ2v) is 5.90. The summed E-state index contributed by atoms with van der Waals surface area (Å²) in [7, 11) is 1.50. The second kappa shape index (κ2) is 7.41. The Morgan fingerprint density at radius 3 is 2.70 bits per heavy atom. The summed E-state index contributed by atoms with van der Waals surface area (Å²) in [6.07, 6.45) is 8.12. The van der Waals surface area contributed by atoms with E-state index in [2.05, 4.69) is 42.2 Å². The van der Waals surface area contributed by atoms with Gasteiger partial charge in [-0.3, -0.25) is 5.10 Å². The summed E-state index contributed by atoms with van der Waals surface area (Å²) < 4.78 is 0. The molecule has 0 bridgehead atoms. The molecule has 4 rings (SSSR count). The van der Waals surface area contributed by atoms with Gasteiger partial charge >= 0.3 is 0 Å². The molecule has 1 saturated heterocycles. The number of rotatable bonds is 4. The number of nitrogens with two attached hydrogens (primary N) is 1. The Morgan fingerprint density at radius 1 is 1.17 bits per heavy atom. The van der Waals surface area contributed by atoms with Crippen LogP contribution in [0, 0.1) is 0 Å². The van der Waals surface area contributed by atoms with Crippen LogP contribution in [-0.4, -0.2) is 40.3 Å². The minimum absolute atomic E-state index is 0.683. The Balaban J connectivity index is 0.000000753. The summed E-state index contributed by atoms with van der Waals surface area (Å²) in [5.41, 5.74) is 5.72. The molecule has 0 spiro atoms. The average molecular weight is 315 g/mol. The lowest BCUT2D eigenvalue weighted by atomic mass is 10.1. The standard InChI is InChI=1S/C15H20N6.CH5N/c1-2-8-21(9-3-1)15-16-7-6-13(18-15)17-14-10-12(19-20-14)11-4-5-11;1-2/h6-7,10-11H,1-5,8-9H2,(H2,16,17,18,19,20);2H2,1H3. The SMILES string of the molecule is CN.c1cc(Nc2cc(C3CC3)[nH]n2)nc(N2CCCCC2)n1. The number of hydrogen-bond acceptors (Lipinski definition) is 6. The molecule has 23 heavy (non-hydrogen) atoms. The van der Waals surface area contributed by atoms with Gasteiger partial charge in [-0.05, 0) is 45.2 Å². The van der Waals surface area contributed by atoms with Gasteiger partial charge in [-0.15, -0.1) is 0 Å². The van der Waals surface area contributed by atoms with Gasteiger partial charge in [0.2, 0.25) is 5.95 Å². The molecule has 3 heterocycles. The van der Waals surface area contributed by atoms with Crippen LogP contribution in [0.2, 0.25) is 0 Å². The van der Waals surface area contributed by atoms with Crippen molar-refractivity contribution in [1.29, 1.82) is 0 Å². The predicted octanol–water partition coefficient (Wildman–Crippen LogP) is 2.39. The van der Waals surface area contributed by atoms with E-state index in [1.54, 1.807) is 0 Å². The van der Waals surface area contributed by atoms with Crippen molar-refractivity contribution in [1.82, 2.24) is 20.2 Å². The fourth-order valence-electron chi connectivity index (χ4n) is 2.80. The minimum Gasteiger partial charge on any atom is -0.341 e. The zero-order valence-corrected chi connectivity index (χ0v) is 13.6. The fraction of sp³-hybridized carbons (Fsp3) is 0.562. The monoisotopic (exact) mass is 315 g/mol. The highest BCUT2D eigenvalue weighted by atomic mass is 15.3. The van der Waals surface area contributed by atoms with Crippen molar-refractivity contribution in [2.75, 3.05) is 30.4 Å². The normalized spacial score (nSPS) is 17.4. The summed E-state index contributed by atoms with van der Waals surface area (Å²) in [6.45, 7) is 2.11. The third kappa shape index (κ3) is 3.98. The van der Waals surface area contributed by atoms with Gasteiger partial charge < -0.3 is 16.0 Å². The van der Waals surface area contributed by atoms with Crippen LogP contribution in [0.3, 0.4) is 0 Å². The molecule has 1 aliphatic carbocycles. The van der Waals surface area contributed by atoms with E-state index in [4.69, 9.17) is 0 Å². The summed E-state index contributed by atoms with van der Waals surface area (Å²) >= 11 is 0. The maximum absolute atomic E-state index is 4.61. The number of anilines is 3. The Kier molecular flexibility index (Phi) is 5.07. The maximum atomic E-state index is 4.61. The molecular formula is C16H25N7. The van der Waals surface area contributed by atoms with E-state index in [1.165, 1.54) is 44.8 Å². The summed E-state index contributed by atoms with van der Waals surface area (Å²) in [6, 6.07) is 3.97. The van der Waals surface area contributed by atoms with Crippen LogP contribution < -0.4 is 16.0 Å². The van der Waals surface area contributed by atoms with Gasteiger partial charge in [0, 0.05) is 37.0 Å². The lowest BCUT2D eigenvalue weighted by molar-refractivity contribution is 0.568. The van der Waals surface area contributed by atoms with Crippen LogP contribution in [0.5, 0.6) is 0 Å². The highest BCUT2D eigenvalue weighted by Gasteiger charge is 2.25. The summed E-state index contributed by atoms with van der Waals surface area (Å²) in [5, 5.41) is 10.7. The lowest BCUT2D eigenvalue weighted by Crippen LogP contribution is -2.31. The fourth-order valence-corrected chi connectivity index (χ4v) is 2.80. The second-order valence-electron chi connectivity index (χ2n) is 5.90. The van der Waals surface area contributed by atoms with E-state index >= 15 is 0 Å². The van der Waals surface area contributed by atoms with Gasteiger partial charge in [0.25, 0.3) is 0 Å². The van der Waals surface area contributed by atoms with Crippen molar-refractivity contribution in [2.24, 2.45) is 5.73 Å². The molecule has 1 aliphatic heterocycles. The smallest absolute Gasteiger partial charge is 0.227 e. The number of nitrogens with zero attached hydrogens (tertiary/aromatic N) is 4. The Labute approximate surface area is 136 Å². The van der Waals surface area contributed by atoms with Crippen molar-refractivity contribution in [3.05, 3.63) is 24.0 Å². The third-order valence-corrected chi connectivity index (χ3v) is 4.15. The molecule has 7 nitrogen and oxygen atoms in total. The number of H-pyrrole nitrogens is 1. The van der Waals surface area contributed by atoms with Crippen LogP contribution in [0.1, 0.15) is 43.7 Å². The van der Waals surface area contributed by atoms with Crippen LogP contribution >= 0.6 is 0 Å². The van der Waals surface area contributed by atoms with Crippen molar-refractivity contribution in [3.63, 3.8) is 0 Å². The van der Waals surface area contributed by atoms with E-state index in [1.807, 2.05) is 12.3 Å². The number of hydrogen-bond donors (Lipinski definition) is 3. The van der Waals surface area contributed by atoms with Gasteiger partial charge in [0.15, 0.2) is 5.82 Å². The minimum atomic E-state index is 0.683. The molecule has 124 valence electrons. The van der Waals surface area contributed by atoms with E-state index < -0.39 is 0 Å². The molecule has 7 heteroatoms. The molecule has 0 radical (unpaired) electrons. The Morgan fingerprint density at radius 2 is 1.96 bits per heavy atom. The molecule has 0 atom stereocenters. The quantitative estimate of drug-likeness (QED) is 0.802. The molecule has 2 aliphatic rings. The van der Waals surface area contributed by atoms with Crippen molar-refractivity contribution < 1.29 is 0 Å². The molecule has 0 aromatic carbocycles. The number of aromatic amines is 1. The lowest BCUT2D eigenvalue weighted by Gasteiger charge is -2.26. The highest BCUT2D eigenvalue weighted by Crippen LogP contribution is 2.39. The number of nitrogens with one attached hydrogen (secondary N) is 2. The topological polar surface area (TPSA) is 95.7 Å². The molecule has 2 aromatic heterocycles. The van der Waals surface area contributed by atoms with Gasteiger partial charge in [0.05, 0.1) is 0 Å². The van der Waals surface area contributed by atoms with E-state index in [0.717, 1.165) is 30.7 Å². The molecular weight excluding hydrogens is 290 g/mol. The molecule has 1 saturated carbocycles. The van der Waals surface area contributed by atoms with Gasteiger partial charge in [-0.25, -0.2) is 4.98 Å². The molecule has 0 unspecified atom stereocenters. The third-order valence-electron chi connectivity index (χ3n) is 4.15. The van der Waals surface area contributed by atoms with Crippen LogP contribution in [0.15, 0.2) is 18.3 Å². The van der Waals surface area contributed by atoms with E-state index in [0.29, 0.717) is 5.92 Å². The van der Waals surface area contributed by atoms with E-state index in [-0.39, 0.29) is 0 Å². The largest absolute Gasteiger partial charge is 0.341 e. The van der Waals surface area contributed by atoms with Gasteiger partial charge in [-0.1, -0.05) is 0 Å². The van der Waals surface area contributed by atoms with E-state index in [9.17, 15) is 0 Å². The molecule has 4 N–H and O–H groups in total. The predicted molar refractivity (Wildman–Crippen MR) is 92.1 cm³/mol. The molecule has 2 fully saturated rings. The average Bonchev–Trinajstić information content (AvgIpc) is 3.38. The molecule has 2 aromatic rings. The van der Waals surface area contributed by atoms with Crippen LogP contribution in [0.25, 0.3) is 0 Å². The highest BCUT2D eigenvalue weighted by molar-refractivity contribution is 5.53. The van der Waals surface area contributed by atoms with Crippen molar-refractivity contribution in [2.45, 2.75) is 38.0 Å². The summed E-state index contributed by atoms with van der Waals surface area (Å²) in [4.78, 5) is 11.3. The first-order chi connectivity index (χ1) is 11.4. The first kappa shape index (κ1) is 15.7. The number of aromatic nitrogens is 4. The van der Waals surface area contributed by atoms with Gasteiger partial charge in [-0.2, -0.15) is 10.1 Å². The maximum Gasteiger partial charge on any atom is 0.227 e. The zero-order chi connectivity index (χ0) is 16.1. The zero-order valence-electron chi connectivity index (χ0n) is 13.6. The van der Waals surface area contributed by atoms with Crippen molar-refractivity contribution in [3.8, 4) is 0 Å². The van der Waals surface area contributed by atoms with Crippen molar-refractivity contribution >= 4 is 17.6 Å². The Hall–Kier alpha value is -2.15. The first-order valence-corrected chi connectivity index (χ1v) is 8.36. The van der Waals surface area contributed by atoms with Crippen LogP contribution in [0.4, 0.5) is 17.6 Å². The first-order valence-electron chi connectivity index (χ1n) is 8.36. The molecule has 0 amide bonds. The van der Waals surface area contributed by atoms with Gasteiger partial charge in [0.1, 0.15) is 5.82 Å². The summed E-state index contributed by atoms with van der Waals surface area (Å²) in [5.74, 6) is 3.14. The Bertz CT molecular complexity index is 614. The number of piperidine rings is 1. The van der Waals surface area contributed by atoms with Crippen LogP contribution in [-0.2, 0) is 0 Å².